The molecule has 0 aromatic heterocycles. The molecule has 9 nitrogen and oxygen atoms in total. The van der Waals surface area contributed by atoms with E-state index in [9.17, 15) is 34.2 Å². The molecule has 0 aliphatic rings. The van der Waals surface area contributed by atoms with Crippen LogP contribution in [0.4, 0.5) is 0 Å². The number of aliphatic carboxylic acids is 2. The van der Waals surface area contributed by atoms with Crippen molar-refractivity contribution in [3.63, 3.8) is 0 Å². The predicted octanol–water partition coefficient (Wildman–Crippen LogP) is 10.9. The Morgan fingerprint density at radius 3 is 1.06 bits per heavy atom. The van der Waals surface area contributed by atoms with Crippen molar-refractivity contribution >= 4 is 29.5 Å². The van der Waals surface area contributed by atoms with Crippen LogP contribution in [0, 0.1) is 5.92 Å². The Hall–Kier alpha value is -2.29. The SMILES string of the molecule is CCCCCCCCCCCC(=O)C(C(CC[C@H](N)C(=O)O)C(=O)O)N(C(=O)CCCCCCCCCCC)C(=O)CCCCCCCCCCC. The van der Waals surface area contributed by atoms with E-state index < -0.39 is 47.5 Å². The molecular weight excluding hydrogens is 656 g/mol. The highest BCUT2D eigenvalue weighted by molar-refractivity contribution is 6.02. The lowest BCUT2D eigenvalue weighted by molar-refractivity contribution is -0.159. The zero-order valence-electron chi connectivity index (χ0n) is 33.8. The number of carbonyl (C=O) groups excluding carboxylic acids is 3. The summed E-state index contributed by atoms with van der Waals surface area (Å²) in [4.78, 5) is 67.1. The van der Waals surface area contributed by atoms with E-state index >= 15 is 0 Å². The zero-order valence-corrected chi connectivity index (χ0v) is 33.8. The first-order chi connectivity index (χ1) is 25.1. The second kappa shape index (κ2) is 34.5. The number of nitrogens with two attached hydrogens (primary N) is 1. The van der Waals surface area contributed by atoms with Gasteiger partial charge in [-0.1, -0.05) is 175 Å². The second-order valence-electron chi connectivity index (χ2n) is 15.3. The van der Waals surface area contributed by atoms with Crippen molar-refractivity contribution < 1.29 is 34.2 Å². The summed E-state index contributed by atoms with van der Waals surface area (Å²) >= 11 is 0. The van der Waals surface area contributed by atoms with Gasteiger partial charge in [0.25, 0.3) is 0 Å². The quantitative estimate of drug-likeness (QED) is 0.0529. The van der Waals surface area contributed by atoms with E-state index in [2.05, 4.69) is 20.8 Å². The third-order valence-corrected chi connectivity index (χ3v) is 10.5. The molecule has 2 amide bonds. The van der Waals surface area contributed by atoms with Crippen molar-refractivity contribution in [2.24, 2.45) is 11.7 Å². The number of carbonyl (C=O) groups is 5. The number of amides is 2. The van der Waals surface area contributed by atoms with Gasteiger partial charge in [-0.15, -0.1) is 0 Å². The van der Waals surface area contributed by atoms with Gasteiger partial charge in [0.05, 0.1) is 5.92 Å². The fourth-order valence-corrected chi connectivity index (χ4v) is 7.07. The van der Waals surface area contributed by atoms with Crippen LogP contribution >= 0.6 is 0 Å². The van der Waals surface area contributed by atoms with Crippen molar-refractivity contribution in [3.05, 3.63) is 0 Å². The Morgan fingerprint density at radius 2 is 0.750 bits per heavy atom. The zero-order chi connectivity index (χ0) is 38.8. The van der Waals surface area contributed by atoms with Crippen LogP contribution in [-0.2, 0) is 24.0 Å². The molecule has 0 aromatic rings. The first-order valence-electron chi connectivity index (χ1n) is 21.7. The van der Waals surface area contributed by atoms with E-state index in [0.29, 0.717) is 19.3 Å². The molecule has 52 heavy (non-hydrogen) atoms. The van der Waals surface area contributed by atoms with Gasteiger partial charge >= 0.3 is 11.9 Å². The van der Waals surface area contributed by atoms with Gasteiger partial charge in [0.2, 0.25) is 11.8 Å². The third kappa shape index (κ3) is 25.6. The highest BCUT2D eigenvalue weighted by Gasteiger charge is 2.42. The van der Waals surface area contributed by atoms with Gasteiger partial charge in [-0.3, -0.25) is 28.9 Å². The minimum Gasteiger partial charge on any atom is -0.481 e. The third-order valence-electron chi connectivity index (χ3n) is 10.5. The van der Waals surface area contributed by atoms with Crippen LogP contribution in [0.15, 0.2) is 0 Å². The number of hydrogen-bond donors (Lipinski definition) is 3. The summed E-state index contributed by atoms with van der Waals surface area (Å²) in [5, 5.41) is 19.8. The monoisotopic (exact) mass is 737 g/mol. The van der Waals surface area contributed by atoms with Crippen molar-refractivity contribution in [1.29, 1.82) is 0 Å². The molecule has 0 heterocycles. The van der Waals surface area contributed by atoms with E-state index in [1.807, 2.05) is 0 Å². The number of carboxylic acids is 2. The Kier molecular flexibility index (Phi) is 33.0. The average Bonchev–Trinajstić information content (AvgIpc) is 3.11. The molecule has 0 aromatic carbocycles. The highest BCUT2D eigenvalue weighted by atomic mass is 16.4. The van der Waals surface area contributed by atoms with Gasteiger partial charge in [0.1, 0.15) is 12.1 Å². The first kappa shape index (κ1) is 49.7. The molecule has 0 radical (unpaired) electrons. The van der Waals surface area contributed by atoms with E-state index in [4.69, 9.17) is 5.73 Å². The fourth-order valence-electron chi connectivity index (χ4n) is 7.07. The maximum absolute atomic E-state index is 14.0. The van der Waals surface area contributed by atoms with Crippen LogP contribution in [0.5, 0.6) is 0 Å². The average molecular weight is 737 g/mol. The molecular formula is C43H80N2O7. The van der Waals surface area contributed by atoms with Gasteiger partial charge < -0.3 is 15.9 Å². The molecule has 0 aliphatic heterocycles. The number of imide groups is 1. The van der Waals surface area contributed by atoms with E-state index in [1.165, 1.54) is 77.0 Å². The van der Waals surface area contributed by atoms with Crippen molar-refractivity contribution in [1.82, 2.24) is 4.90 Å². The molecule has 0 fully saturated rings. The van der Waals surface area contributed by atoms with Gasteiger partial charge in [-0.2, -0.15) is 0 Å². The van der Waals surface area contributed by atoms with Crippen LogP contribution < -0.4 is 5.73 Å². The van der Waals surface area contributed by atoms with E-state index in [0.717, 1.165) is 81.9 Å². The van der Waals surface area contributed by atoms with Gasteiger partial charge in [-0.05, 0) is 32.1 Å². The number of rotatable bonds is 38. The smallest absolute Gasteiger partial charge is 0.320 e. The Balaban J connectivity index is 5.84. The summed E-state index contributed by atoms with van der Waals surface area (Å²) < 4.78 is 0. The summed E-state index contributed by atoms with van der Waals surface area (Å²) in [6.45, 7) is 6.58. The second-order valence-corrected chi connectivity index (χ2v) is 15.3. The van der Waals surface area contributed by atoms with Crippen molar-refractivity contribution in [3.8, 4) is 0 Å². The minimum atomic E-state index is -1.47. The normalized spacial score (nSPS) is 13.1. The lowest BCUT2D eigenvalue weighted by Gasteiger charge is -2.34. The molecule has 0 bridgehead atoms. The number of unbranched alkanes of at least 4 members (excludes halogenated alkanes) is 24. The molecule has 0 aliphatic carbocycles. The number of hydrogen-bond acceptors (Lipinski definition) is 6. The Bertz CT molecular complexity index is 906. The van der Waals surface area contributed by atoms with Gasteiger partial charge in [0, 0.05) is 19.3 Å². The van der Waals surface area contributed by atoms with Crippen LogP contribution in [0.25, 0.3) is 0 Å². The highest BCUT2D eigenvalue weighted by Crippen LogP contribution is 2.26. The number of Topliss-reactive ketones (excluding diaryl/α,β-unsaturated/α-hetero) is 1. The lowest BCUT2D eigenvalue weighted by Crippen LogP contribution is -2.54. The molecule has 0 saturated heterocycles. The number of ketones is 1. The molecule has 3 atom stereocenters. The van der Waals surface area contributed by atoms with Crippen molar-refractivity contribution in [2.45, 2.75) is 238 Å². The van der Waals surface area contributed by atoms with Crippen LogP contribution in [0.2, 0.25) is 0 Å². The Labute approximate surface area is 318 Å². The summed E-state index contributed by atoms with van der Waals surface area (Å²) in [7, 11) is 0. The molecule has 304 valence electrons. The first-order valence-corrected chi connectivity index (χ1v) is 21.7. The minimum absolute atomic E-state index is 0.0716. The van der Waals surface area contributed by atoms with E-state index in [1.54, 1.807) is 0 Å². The van der Waals surface area contributed by atoms with Gasteiger partial charge in [0.15, 0.2) is 5.78 Å². The van der Waals surface area contributed by atoms with Crippen molar-refractivity contribution in [2.75, 3.05) is 0 Å². The Morgan fingerprint density at radius 1 is 0.442 bits per heavy atom. The fraction of sp³-hybridized carbons (Fsp3) is 0.884. The molecule has 9 heteroatoms. The molecule has 4 N–H and O–H groups in total. The molecule has 0 spiro atoms. The van der Waals surface area contributed by atoms with Gasteiger partial charge in [-0.25, -0.2) is 0 Å². The van der Waals surface area contributed by atoms with E-state index in [-0.39, 0.29) is 32.1 Å². The maximum Gasteiger partial charge on any atom is 0.320 e. The standard InChI is InChI=1S/C43H80N2O7/c1-4-7-10-13-16-19-22-25-28-31-38(46)41(36(42(49)50)34-35-37(44)43(51)52)45(39(47)32-29-26-23-20-17-14-11-8-5-2)40(48)33-30-27-24-21-18-15-12-9-6-3/h36-37,41H,4-35,44H2,1-3H3,(H,49,50)(H,51,52)/t36?,37-,41?/m0/s1. The number of carboxylic acid groups (broad SMARTS) is 2. The van der Waals surface area contributed by atoms with Crippen LogP contribution in [-0.4, -0.2) is 56.7 Å². The number of nitrogens with zero attached hydrogens (tertiary/aromatic N) is 1. The molecule has 0 saturated carbocycles. The van der Waals surface area contributed by atoms with Crippen LogP contribution in [0.1, 0.15) is 226 Å². The largest absolute Gasteiger partial charge is 0.481 e. The maximum atomic E-state index is 14.0. The predicted molar refractivity (Wildman–Crippen MR) is 212 cm³/mol. The molecule has 0 rings (SSSR count). The summed E-state index contributed by atoms with van der Waals surface area (Å²) in [6, 6.07) is -2.77. The summed E-state index contributed by atoms with van der Waals surface area (Å²) in [5.41, 5.74) is 5.76. The summed E-state index contributed by atoms with van der Waals surface area (Å²) in [6.07, 6.45) is 28.3. The lowest BCUT2D eigenvalue weighted by atomic mass is 9.86. The summed E-state index contributed by atoms with van der Waals surface area (Å²) in [5.74, 6) is -5.43. The molecule has 2 unspecified atom stereocenters. The topological polar surface area (TPSA) is 155 Å². The van der Waals surface area contributed by atoms with Crippen LogP contribution in [0.3, 0.4) is 0 Å².